The fourth-order valence-electron chi connectivity index (χ4n) is 0.885. The molecule has 0 radical (unpaired) electrons. The maximum absolute atomic E-state index is 11.3. The van der Waals surface area contributed by atoms with Crippen LogP contribution in [0.4, 0.5) is 10.6 Å². The summed E-state index contributed by atoms with van der Waals surface area (Å²) in [7, 11) is 0. The first-order valence-corrected chi connectivity index (χ1v) is 3.65. The third-order valence-corrected chi connectivity index (χ3v) is 1.48. The summed E-state index contributed by atoms with van der Waals surface area (Å²) < 4.78 is 1.33. The number of aromatic amines is 1. The Morgan fingerprint density at radius 2 is 2.46 bits per heavy atom. The minimum Gasteiger partial charge on any atom is -0.292 e. The van der Waals surface area contributed by atoms with Crippen molar-refractivity contribution in [2.75, 3.05) is 5.32 Å². The highest BCUT2D eigenvalue weighted by molar-refractivity contribution is 5.89. The number of nitrogens with one attached hydrogen (secondary N) is 2. The number of hydrogen-bond donors (Lipinski definition) is 2. The average Bonchev–Trinajstić information content (AvgIpc) is 2.74. The van der Waals surface area contributed by atoms with E-state index >= 15 is 0 Å². The minimum atomic E-state index is -0.276. The predicted octanol–water partition coefficient (Wildman–Crippen LogP) is 0.686. The average molecular weight is 177 g/mol. The van der Waals surface area contributed by atoms with Crippen molar-refractivity contribution in [3.8, 4) is 0 Å². The lowest BCUT2D eigenvalue weighted by Crippen LogP contribution is -2.17. The number of hydrogen-bond acceptors (Lipinski definition) is 3. The highest BCUT2D eigenvalue weighted by Gasteiger charge is 2.03. The SMILES string of the molecule is O=C(Nc1ccn[nH]1)n1ccnc1. The molecule has 0 spiro atoms. The van der Waals surface area contributed by atoms with Gasteiger partial charge in [0.25, 0.3) is 0 Å². The maximum Gasteiger partial charge on any atom is 0.332 e. The number of carbonyl (C=O) groups excluding carboxylic acids is 1. The summed E-state index contributed by atoms with van der Waals surface area (Å²) in [6, 6.07) is 1.39. The Labute approximate surface area is 73.6 Å². The monoisotopic (exact) mass is 177 g/mol. The number of rotatable bonds is 1. The van der Waals surface area contributed by atoms with Gasteiger partial charge in [0.05, 0.1) is 6.20 Å². The molecule has 1 amide bonds. The number of anilines is 1. The van der Waals surface area contributed by atoms with E-state index < -0.39 is 0 Å². The van der Waals surface area contributed by atoms with Crippen molar-refractivity contribution in [1.82, 2.24) is 19.7 Å². The Morgan fingerprint density at radius 1 is 1.54 bits per heavy atom. The summed E-state index contributed by atoms with van der Waals surface area (Å²) in [5.74, 6) is 0.554. The van der Waals surface area contributed by atoms with Gasteiger partial charge in [0.15, 0.2) is 0 Å². The summed E-state index contributed by atoms with van der Waals surface area (Å²) in [4.78, 5) is 15.1. The Hall–Kier alpha value is -2.11. The predicted molar refractivity (Wildman–Crippen MR) is 45.2 cm³/mol. The van der Waals surface area contributed by atoms with E-state index in [1.807, 2.05) is 0 Å². The first-order chi connectivity index (χ1) is 6.36. The molecule has 0 aliphatic carbocycles. The van der Waals surface area contributed by atoms with Crippen LogP contribution in [0.25, 0.3) is 0 Å². The molecule has 0 aromatic carbocycles. The zero-order valence-electron chi connectivity index (χ0n) is 6.64. The molecule has 66 valence electrons. The quantitative estimate of drug-likeness (QED) is 0.672. The molecule has 0 atom stereocenters. The molecule has 0 bridgehead atoms. The van der Waals surface area contributed by atoms with Crippen LogP contribution >= 0.6 is 0 Å². The molecule has 6 heteroatoms. The van der Waals surface area contributed by atoms with E-state index in [0.717, 1.165) is 0 Å². The lowest BCUT2D eigenvalue weighted by molar-refractivity contribution is 0.253. The molecule has 2 heterocycles. The summed E-state index contributed by atoms with van der Waals surface area (Å²) in [5, 5.41) is 8.90. The Bertz CT molecular complexity index is 377. The lowest BCUT2D eigenvalue weighted by atomic mass is 10.6. The molecule has 2 rings (SSSR count). The van der Waals surface area contributed by atoms with E-state index in [0.29, 0.717) is 5.82 Å². The molecule has 13 heavy (non-hydrogen) atoms. The number of amides is 1. The van der Waals surface area contributed by atoms with E-state index in [1.165, 1.54) is 17.1 Å². The van der Waals surface area contributed by atoms with Gasteiger partial charge in [-0.1, -0.05) is 0 Å². The van der Waals surface area contributed by atoms with E-state index in [9.17, 15) is 4.79 Å². The molecule has 0 fully saturated rings. The van der Waals surface area contributed by atoms with E-state index in [4.69, 9.17) is 0 Å². The normalized spacial score (nSPS) is 9.85. The van der Waals surface area contributed by atoms with Gasteiger partial charge in [-0.3, -0.25) is 15.0 Å². The summed E-state index contributed by atoms with van der Waals surface area (Å²) in [5.41, 5.74) is 0. The highest BCUT2D eigenvalue weighted by atomic mass is 16.2. The van der Waals surface area contributed by atoms with E-state index in [2.05, 4.69) is 20.5 Å². The van der Waals surface area contributed by atoms with E-state index in [-0.39, 0.29) is 6.03 Å². The van der Waals surface area contributed by atoms with Crippen LogP contribution < -0.4 is 5.32 Å². The Morgan fingerprint density at radius 3 is 3.08 bits per heavy atom. The number of carbonyl (C=O) groups is 1. The van der Waals surface area contributed by atoms with Crippen molar-refractivity contribution in [3.05, 3.63) is 31.0 Å². The molecule has 2 aromatic rings. The molecule has 0 saturated heterocycles. The van der Waals surface area contributed by atoms with Crippen LogP contribution in [0.1, 0.15) is 0 Å². The first-order valence-electron chi connectivity index (χ1n) is 3.65. The lowest BCUT2D eigenvalue weighted by Gasteiger charge is -2.00. The summed E-state index contributed by atoms with van der Waals surface area (Å²) >= 11 is 0. The highest BCUT2D eigenvalue weighted by Crippen LogP contribution is 1.99. The van der Waals surface area contributed by atoms with Crippen LogP contribution in [0, 0.1) is 0 Å². The molecule has 0 unspecified atom stereocenters. The molecule has 2 aromatic heterocycles. The number of imidazole rings is 1. The fourth-order valence-corrected chi connectivity index (χ4v) is 0.885. The van der Waals surface area contributed by atoms with Crippen LogP contribution in [0.15, 0.2) is 31.0 Å². The van der Waals surface area contributed by atoms with Gasteiger partial charge in [0.2, 0.25) is 0 Å². The van der Waals surface area contributed by atoms with Crippen molar-refractivity contribution in [3.63, 3.8) is 0 Å². The van der Waals surface area contributed by atoms with Crippen LogP contribution in [0.2, 0.25) is 0 Å². The van der Waals surface area contributed by atoms with Crippen molar-refractivity contribution >= 4 is 11.8 Å². The maximum atomic E-state index is 11.3. The molecule has 0 aliphatic rings. The second-order valence-corrected chi connectivity index (χ2v) is 2.37. The van der Waals surface area contributed by atoms with Gasteiger partial charge < -0.3 is 0 Å². The van der Waals surface area contributed by atoms with Gasteiger partial charge in [-0.15, -0.1) is 0 Å². The van der Waals surface area contributed by atoms with Gasteiger partial charge >= 0.3 is 6.03 Å². The third-order valence-electron chi connectivity index (χ3n) is 1.48. The molecular weight excluding hydrogens is 170 g/mol. The van der Waals surface area contributed by atoms with Gasteiger partial charge in [-0.05, 0) is 0 Å². The number of H-pyrrole nitrogens is 1. The topological polar surface area (TPSA) is 75.6 Å². The Kier molecular flexibility index (Phi) is 1.79. The summed E-state index contributed by atoms with van der Waals surface area (Å²) in [6.07, 6.45) is 6.08. The molecule has 0 saturated carbocycles. The smallest absolute Gasteiger partial charge is 0.292 e. The second-order valence-electron chi connectivity index (χ2n) is 2.37. The van der Waals surface area contributed by atoms with Gasteiger partial charge in [0, 0.05) is 18.5 Å². The van der Waals surface area contributed by atoms with Crippen LogP contribution in [-0.4, -0.2) is 25.8 Å². The molecular formula is C7H7N5O. The largest absolute Gasteiger partial charge is 0.332 e. The summed E-state index contributed by atoms with van der Waals surface area (Å²) in [6.45, 7) is 0. The standard InChI is InChI=1S/C7H7N5O/c13-7(12-4-3-8-5-12)10-6-1-2-9-11-6/h1-5H,(H2,9,10,11,13). The number of aromatic nitrogens is 4. The minimum absolute atomic E-state index is 0.276. The Balaban J connectivity index is 2.08. The second kappa shape index (κ2) is 3.10. The molecule has 6 nitrogen and oxygen atoms in total. The van der Waals surface area contributed by atoms with Crippen molar-refractivity contribution in [1.29, 1.82) is 0 Å². The molecule has 2 N–H and O–H groups in total. The number of nitrogens with zero attached hydrogens (tertiary/aromatic N) is 3. The van der Waals surface area contributed by atoms with Crippen LogP contribution in [-0.2, 0) is 0 Å². The zero-order chi connectivity index (χ0) is 9.10. The van der Waals surface area contributed by atoms with Crippen LogP contribution in [0.3, 0.4) is 0 Å². The third kappa shape index (κ3) is 1.56. The first kappa shape index (κ1) is 7.53. The van der Waals surface area contributed by atoms with Crippen molar-refractivity contribution in [2.24, 2.45) is 0 Å². The van der Waals surface area contributed by atoms with E-state index in [1.54, 1.807) is 18.5 Å². The zero-order valence-corrected chi connectivity index (χ0v) is 6.64. The van der Waals surface area contributed by atoms with Gasteiger partial charge in [-0.25, -0.2) is 9.78 Å². The molecule has 0 aliphatic heterocycles. The fraction of sp³-hybridized carbons (Fsp3) is 0. The van der Waals surface area contributed by atoms with Gasteiger partial charge in [0.1, 0.15) is 12.1 Å². The van der Waals surface area contributed by atoms with Crippen LogP contribution in [0.5, 0.6) is 0 Å². The van der Waals surface area contributed by atoms with Crippen molar-refractivity contribution < 1.29 is 4.79 Å². The van der Waals surface area contributed by atoms with Gasteiger partial charge in [-0.2, -0.15) is 5.10 Å². The van der Waals surface area contributed by atoms with Crippen molar-refractivity contribution in [2.45, 2.75) is 0 Å².